The smallest absolute Gasteiger partial charge is 0.262 e. The molecule has 0 aliphatic carbocycles. The molecule has 2 saturated heterocycles. The predicted molar refractivity (Wildman–Crippen MR) is 99.2 cm³/mol. The quantitative estimate of drug-likeness (QED) is 0.690. The Morgan fingerprint density at radius 1 is 1.04 bits per heavy atom. The van der Waals surface area contributed by atoms with Gasteiger partial charge in [0.2, 0.25) is 0 Å². The molecule has 0 unspecified atom stereocenters. The van der Waals surface area contributed by atoms with Crippen LogP contribution in [0.4, 0.5) is 11.5 Å². The summed E-state index contributed by atoms with van der Waals surface area (Å²) in [5.74, 6) is 0.772. The highest BCUT2D eigenvalue weighted by Crippen LogP contribution is 2.22. The van der Waals surface area contributed by atoms with Gasteiger partial charge < -0.3 is 19.1 Å². The fourth-order valence-electron chi connectivity index (χ4n) is 3.31. The lowest BCUT2D eigenvalue weighted by Gasteiger charge is -2.34. The zero-order valence-corrected chi connectivity index (χ0v) is 16.0. The fraction of sp³-hybridized carbons (Fsp3) is 0.562. The van der Waals surface area contributed by atoms with Crippen LogP contribution in [-0.2, 0) is 21.8 Å². The van der Waals surface area contributed by atoms with E-state index in [-0.39, 0.29) is 5.03 Å². The number of sulfonamides is 1. The van der Waals surface area contributed by atoms with Crippen LogP contribution in [0.25, 0.3) is 0 Å². The molecule has 2 aliphatic heterocycles. The molecule has 146 valence electrons. The zero-order chi connectivity index (χ0) is 18.9. The number of imidazole rings is 1. The van der Waals surface area contributed by atoms with Gasteiger partial charge in [-0.25, -0.2) is 13.4 Å². The summed E-state index contributed by atoms with van der Waals surface area (Å²) in [6, 6.07) is 2.02. The number of aryl methyl sites for hydroxylation is 1. The van der Waals surface area contributed by atoms with Crippen molar-refractivity contribution in [2.45, 2.75) is 5.03 Å². The van der Waals surface area contributed by atoms with Crippen molar-refractivity contribution in [3.8, 4) is 0 Å². The molecule has 2 fully saturated rings. The Morgan fingerprint density at radius 3 is 2.44 bits per heavy atom. The van der Waals surface area contributed by atoms with E-state index in [4.69, 9.17) is 4.74 Å². The second-order valence-corrected chi connectivity index (χ2v) is 8.52. The molecule has 10 nitrogen and oxygen atoms in total. The largest absolute Gasteiger partial charge is 0.378 e. The molecule has 2 aromatic heterocycles. The summed E-state index contributed by atoms with van der Waals surface area (Å²) in [6.45, 7) is 5.00. The highest BCUT2D eigenvalue weighted by atomic mass is 32.2. The van der Waals surface area contributed by atoms with Crippen molar-refractivity contribution in [2.24, 2.45) is 7.05 Å². The average Bonchev–Trinajstić information content (AvgIpc) is 3.16. The third-order valence-electron chi connectivity index (χ3n) is 4.85. The number of aromatic nitrogens is 4. The Balaban J connectivity index is 1.43. The van der Waals surface area contributed by atoms with Crippen LogP contribution in [0.15, 0.2) is 29.8 Å². The molecule has 0 radical (unpaired) electrons. The first-order valence-corrected chi connectivity index (χ1v) is 10.4. The average molecular weight is 393 g/mol. The van der Waals surface area contributed by atoms with Crippen LogP contribution in [0.2, 0.25) is 0 Å². The molecule has 4 heterocycles. The standard InChI is InChI=1S/C16H23N7O3S/c1-20-12-16(17-13-20)27(24,25)23-4-2-22(3-5-23)15-10-14(11-18-19-15)21-6-8-26-9-7-21/h10-13H,2-9H2,1H3. The lowest BCUT2D eigenvalue weighted by molar-refractivity contribution is 0.122. The topological polar surface area (TPSA) is 96.7 Å². The maximum absolute atomic E-state index is 12.7. The van der Waals surface area contributed by atoms with Crippen LogP contribution in [0.3, 0.4) is 0 Å². The van der Waals surface area contributed by atoms with Gasteiger partial charge in [-0.2, -0.15) is 9.40 Å². The van der Waals surface area contributed by atoms with Crippen LogP contribution in [0.1, 0.15) is 0 Å². The van der Waals surface area contributed by atoms with Gasteiger partial charge in [0.05, 0.1) is 31.4 Å². The Bertz CT molecular complexity index is 887. The number of morpholine rings is 1. The summed E-state index contributed by atoms with van der Waals surface area (Å²) in [5, 5.41) is 8.47. The van der Waals surface area contributed by atoms with Gasteiger partial charge in [-0.15, -0.1) is 5.10 Å². The van der Waals surface area contributed by atoms with Crippen molar-refractivity contribution >= 4 is 21.5 Å². The third kappa shape index (κ3) is 3.75. The maximum Gasteiger partial charge on any atom is 0.262 e. The predicted octanol–water partition coefficient (Wildman–Crippen LogP) is -0.442. The van der Waals surface area contributed by atoms with E-state index in [0.29, 0.717) is 39.4 Å². The summed E-state index contributed by atoms with van der Waals surface area (Å²) in [5.41, 5.74) is 1.02. The monoisotopic (exact) mass is 393 g/mol. The lowest BCUT2D eigenvalue weighted by Crippen LogP contribution is -2.49. The molecule has 0 spiro atoms. The minimum absolute atomic E-state index is 0.0903. The molecule has 0 saturated carbocycles. The van der Waals surface area contributed by atoms with Crippen LogP contribution < -0.4 is 9.80 Å². The summed E-state index contributed by atoms with van der Waals surface area (Å²) >= 11 is 0. The number of anilines is 2. The number of hydrogen-bond donors (Lipinski definition) is 0. The van der Waals surface area contributed by atoms with E-state index < -0.39 is 10.0 Å². The van der Waals surface area contributed by atoms with E-state index in [1.807, 2.05) is 6.07 Å². The van der Waals surface area contributed by atoms with Gasteiger partial charge in [0, 0.05) is 58.6 Å². The first-order chi connectivity index (χ1) is 13.0. The summed E-state index contributed by atoms with van der Waals surface area (Å²) in [4.78, 5) is 8.28. The van der Waals surface area contributed by atoms with Crippen LogP contribution in [0.5, 0.6) is 0 Å². The molecule has 0 N–H and O–H groups in total. The lowest BCUT2D eigenvalue weighted by atomic mass is 10.3. The molecule has 0 amide bonds. The van der Waals surface area contributed by atoms with Gasteiger partial charge in [-0.05, 0) is 0 Å². The molecule has 0 atom stereocenters. The van der Waals surface area contributed by atoms with Gasteiger partial charge in [0.15, 0.2) is 10.8 Å². The SMILES string of the molecule is Cn1cnc(S(=O)(=O)N2CCN(c3cc(N4CCOCC4)cnn3)CC2)c1. The van der Waals surface area contributed by atoms with Gasteiger partial charge >= 0.3 is 0 Å². The molecule has 11 heteroatoms. The van der Waals surface area contributed by atoms with Crippen molar-refractivity contribution in [2.75, 3.05) is 62.3 Å². The molecule has 27 heavy (non-hydrogen) atoms. The number of rotatable bonds is 4. The van der Waals surface area contributed by atoms with Crippen molar-refractivity contribution in [1.82, 2.24) is 24.1 Å². The second-order valence-electron chi connectivity index (χ2n) is 6.64. The van der Waals surface area contributed by atoms with Gasteiger partial charge in [-0.3, -0.25) is 0 Å². The highest BCUT2D eigenvalue weighted by Gasteiger charge is 2.30. The Morgan fingerprint density at radius 2 is 1.78 bits per heavy atom. The first-order valence-electron chi connectivity index (χ1n) is 8.92. The molecular weight excluding hydrogens is 370 g/mol. The summed E-state index contributed by atoms with van der Waals surface area (Å²) < 4.78 is 33.9. The second kappa shape index (κ2) is 7.41. The van der Waals surface area contributed by atoms with E-state index in [1.54, 1.807) is 17.8 Å². The van der Waals surface area contributed by atoms with Crippen LogP contribution >= 0.6 is 0 Å². The van der Waals surface area contributed by atoms with Crippen LogP contribution in [0, 0.1) is 0 Å². The van der Waals surface area contributed by atoms with Gasteiger partial charge in [-0.1, -0.05) is 0 Å². The fourth-order valence-corrected chi connectivity index (χ4v) is 4.69. The van der Waals surface area contributed by atoms with E-state index in [9.17, 15) is 8.42 Å². The first kappa shape index (κ1) is 18.1. The molecule has 2 aromatic rings. The summed E-state index contributed by atoms with van der Waals surface area (Å²) in [7, 11) is -1.80. The Labute approximate surface area is 158 Å². The van der Waals surface area contributed by atoms with Gasteiger partial charge in [0.25, 0.3) is 10.0 Å². The Kier molecular flexibility index (Phi) is 4.98. The minimum atomic E-state index is -3.56. The van der Waals surface area contributed by atoms with Crippen molar-refractivity contribution < 1.29 is 13.2 Å². The third-order valence-corrected chi connectivity index (χ3v) is 6.64. The number of hydrogen-bond acceptors (Lipinski definition) is 8. The number of ether oxygens (including phenoxy) is 1. The normalized spacial score (nSPS) is 19.4. The molecular formula is C16H23N7O3S. The summed E-state index contributed by atoms with van der Waals surface area (Å²) in [6.07, 6.45) is 4.78. The molecule has 0 bridgehead atoms. The van der Waals surface area contributed by atoms with E-state index in [1.165, 1.54) is 16.8 Å². The van der Waals surface area contributed by atoms with Crippen molar-refractivity contribution in [3.63, 3.8) is 0 Å². The number of piperazine rings is 1. The van der Waals surface area contributed by atoms with E-state index >= 15 is 0 Å². The number of nitrogens with zero attached hydrogens (tertiary/aromatic N) is 7. The Hall–Kier alpha value is -2.24. The molecule has 0 aromatic carbocycles. The van der Waals surface area contributed by atoms with Gasteiger partial charge in [0.1, 0.15) is 0 Å². The zero-order valence-electron chi connectivity index (χ0n) is 15.2. The van der Waals surface area contributed by atoms with E-state index in [2.05, 4.69) is 25.0 Å². The van der Waals surface area contributed by atoms with E-state index in [0.717, 1.165) is 24.6 Å². The van der Waals surface area contributed by atoms with Crippen LogP contribution in [-0.4, -0.2) is 85.0 Å². The molecule has 2 aliphatic rings. The van der Waals surface area contributed by atoms with Crippen molar-refractivity contribution in [1.29, 1.82) is 0 Å². The molecule has 4 rings (SSSR count). The highest BCUT2D eigenvalue weighted by molar-refractivity contribution is 7.89. The van der Waals surface area contributed by atoms with Crippen molar-refractivity contribution in [3.05, 3.63) is 24.8 Å². The minimum Gasteiger partial charge on any atom is -0.378 e. The maximum atomic E-state index is 12.7.